The molecule has 2 heterocycles. The lowest BCUT2D eigenvalue weighted by molar-refractivity contribution is 0.0978. The van der Waals surface area contributed by atoms with E-state index in [1.165, 1.54) is 5.56 Å². The zero-order valence-corrected chi connectivity index (χ0v) is 13.9. The molecule has 1 aromatic carbocycles. The van der Waals surface area contributed by atoms with Crippen molar-refractivity contribution in [2.75, 3.05) is 0 Å². The molecule has 0 fully saturated rings. The third-order valence-corrected chi connectivity index (χ3v) is 3.95. The average Bonchev–Trinajstić information content (AvgIpc) is 3.00. The van der Waals surface area contributed by atoms with Crippen molar-refractivity contribution in [2.24, 2.45) is 7.05 Å². The van der Waals surface area contributed by atoms with Crippen LogP contribution in [0.25, 0.3) is 10.9 Å². The van der Waals surface area contributed by atoms with E-state index >= 15 is 0 Å². The number of rotatable bonds is 4. The molecule has 0 saturated heterocycles. The molecule has 0 atom stereocenters. The van der Waals surface area contributed by atoms with Crippen molar-refractivity contribution in [3.63, 3.8) is 0 Å². The quantitative estimate of drug-likeness (QED) is 0.689. The molecule has 116 valence electrons. The summed E-state index contributed by atoms with van der Waals surface area (Å²) in [5, 5.41) is 1.05. The largest absolute Gasteiger partial charge is 0.350 e. The number of hydrogen-bond donors (Lipinski definition) is 0. The second kappa shape index (κ2) is 6.36. The van der Waals surface area contributed by atoms with E-state index in [0.29, 0.717) is 13.0 Å². The highest BCUT2D eigenvalue weighted by molar-refractivity contribution is 6.08. The molecular weight excluding hydrogens is 298 g/mol. The van der Waals surface area contributed by atoms with Crippen LogP contribution in [0, 0.1) is 13.8 Å². The van der Waals surface area contributed by atoms with Gasteiger partial charge >= 0.3 is 0 Å². The number of carbonyl (C=O) groups excluding carboxylic acids is 1. The van der Waals surface area contributed by atoms with Crippen LogP contribution in [0.3, 0.4) is 0 Å². The molecule has 4 nitrogen and oxygen atoms in total. The first-order valence-corrected chi connectivity index (χ1v) is 7.13. The third kappa shape index (κ3) is 2.92. The molecule has 0 spiro atoms. The Morgan fingerprint density at radius 2 is 2.05 bits per heavy atom. The maximum atomic E-state index is 12.5. The summed E-state index contributed by atoms with van der Waals surface area (Å²) in [6, 6.07) is 6.23. The molecule has 0 aliphatic heterocycles. The number of hydrogen-bond acceptors (Lipinski definition) is 2. The maximum Gasteiger partial charge on any atom is 0.166 e. The summed E-state index contributed by atoms with van der Waals surface area (Å²) in [5.74, 6) is 1.12. The van der Waals surface area contributed by atoms with E-state index in [-0.39, 0.29) is 18.2 Å². The molecule has 0 aliphatic carbocycles. The van der Waals surface area contributed by atoms with E-state index in [0.717, 1.165) is 22.3 Å². The summed E-state index contributed by atoms with van der Waals surface area (Å²) in [6.45, 7) is 4.67. The first-order chi connectivity index (χ1) is 10.1. The fourth-order valence-electron chi connectivity index (χ4n) is 2.72. The summed E-state index contributed by atoms with van der Waals surface area (Å²) in [5.41, 5.74) is 3.09. The van der Waals surface area contributed by atoms with Gasteiger partial charge in [-0.1, -0.05) is 11.6 Å². The van der Waals surface area contributed by atoms with Crippen LogP contribution in [0.15, 0.2) is 36.8 Å². The van der Waals surface area contributed by atoms with Gasteiger partial charge in [0, 0.05) is 55.1 Å². The number of benzene rings is 1. The van der Waals surface area contributed by atoms with E-state index in [1.54, 1.807) is 6.20 Å². The van der Waals surface area contributed by atoms with Gasteiger partial charge in [0.05, 0.1) is 0 Å². The maximum absolute atomic E-state index is 12.5. The number of aryl methyl sites for hydroxylation is 4. The Kier molecular flexibility index (Phi) is 4.71. The molecule has 0 N–H and O–H groups in total. The predicted molar refractivity (Wildman–Crippen MR) is 90.8 cm³/mol. The Hall–Kier alpha value is -2.07. The van der Waals surface area contributed by atoms with Crippen molar-refractivity contribution in [1.82, 2.24) is 14.1 Å². The molecule has 0 amide bonds. The number of Topliss-reactive ketones (excluding diaryl/α,β-unsaturated/α-hetero) is 1. The number of aromatic nitrogens is 3. The number of nitrogens with zero attached hydrogens (tertiary/aromatic N) is 3. The molecule has 0 radical (unpaired) electrons. The Bertz CT molecular complexity index is 817. The first kappa shape index (κ1) is 16.3. The fourth-order valence-corrected chi connectivity index (χ4v) is 2.72. The minimum atomic E-state index is 0. The van der Waals surface area contributed by atoms with E-state index in [9.17, 15) is 4.79 Å². The predicted octanol–water partition coefficient (Wildman–Crippen LogP) is 3.69. The Morgan fingerprint density at radius 3 is 2.73 bits per heavy atom. The van der Waals surface area contributed by atoms with Gasteiger partial charge in [0.1, 0.15) is 5.82 Å². The van der Waals surface area contributed by atoms with Gasteiger partial charge in [-0.15, -0.1) is 12.4 Å². The monoisotopic (exact) mass is 317 g/mol. The SMILES string of the molecule is Cc1ccc2c(c1)c(C(=O)CCn1ccnc1C)cn2C.Cl. The molecule has 0 aliphatic rings. The van der Waals surface area contributed by atoms with E-state index < -0.39 is 0 Å². The summed E-state index contributed by atoms with van der Waals surface area (Å²) >= 11 is 0. The molecule has 5 heteroatoms. The van der Waals surface area contributed by atoms with Crippen LogP contribution in [0.2, 0.25) is 0 Å². The first-order valence-electron chi connectivity index (χ1n) is 7.13. The Morgan fingerprint density at radius 1 is 1.27 bits per heavy atom. The number of fused-ring (bicyclic) bond motifs is 1. The van der Waals surface area contributed by atoms with Crippen LogP contribution >= 0.6 is 12.4 Å². The minimum Gasteiger partial charge on any atom is -0.350 e. The summed E-state index contributed by atoms with van der Waals surface area (Å²) < 4.78 is 4.03. The Labute approximate surface area is 136 Å². The van der Waals surface area contributed by atoms with Gasteiger partial charge in [-0.05, 0) is 26.0 Å². The Balaban J connectivity index is 0.00000176. The molecule has 22 heavy (non-hydrogen) atoms. The van der Waals surface area contributed by atoms with Crippen molar-refractivity contribution >= 4 is 29.1 Å². The normalized spacial score (nSPS) is 10.7. The lowest BCUT2D eigenvalue weighted by Crippen LogP contribution is -2.06. The third-order valence-electron chi connectivity index (χ3n) is 3.95. The molecular formula is C17H20ClN3O. The smallest absolute Gasteiger partial charge is 0.166 e. The highest BCUT2D eigenvalue weighted by Gasteiger charge is 2.14. The van der Waals surface area contributed by atoms with Crippen LogP contribution in [-0.2, 0) is 13.6 Å². The van der Waals surface area contributed by atoms with Gasteiger partial charge in [0.2, 0.25) is 0 Å². The van der Waals surface area contributed by atoms with Gasteiger partial charge in [-0.3, -0.25) is 4.79 Å². The molecule has 3 rings (SSSR count). The molecule has 0 bridgehead atoms. The van der Waals surface area contributed by atoms with Crippen LogP contribution in [0.1, 0.15) is 28.2 Å². The standard InChI is InChI=1S/C17H19N3O.ClH/c1-12-4-5-16-14(10-12)15(11-19(16)3)17(21)6-8-20-9-7-18-13(20)2;/h4-5,7,9-11H,6,8H2,1-3H3;1H. The molecule has 0 unspecified atom stereocenters. The molecule has 0 saturated carbocycles. The number of imidazole rings is 1. The number of ketones is 1. The van der Waals surface area contributed by atoms with Gasteiger partial charge in [-0.2, -0.15) is 0 Å². The fraction of sp³-hybridized carbons (Fsp3) is 0.294. The van der Waals surface area contributed by atoms with Crippen LogP contribution in [0.4, 0.5) is 0 Å². The lowest BCUT2D eigenvalue weighted by Gasteiger charge is -2.04. The lowest BCUT2D eigenvalue weighted by atomic mass is 10.1. The van der Waals surface area contributed by atoms with E-state index in [2.05, 4.69) is 30.1 Å². The summed E-state index contributed by atoms with van der Waals surface area (Å²) in [7, 11) is 1.98. The van der Waals surface area contributed by atoms with E-state index in [4.69, 9.17) is 0 Å². The van der Waals surface area contributed by atoms with Gasteiger partial charge in [0.15, 0.2) is 5.78 Å². The summed E-state index contributed by atoms with van der Waals surface area (Å²) in [4.78, 5) is 16.7. The van der Waals surface area contributed by atoms with Crippen LogP contribution < -0.4 is 0 Å². The van der Waals surface area contributed by atoms with Gasteiger partial charge in [-0.25, -0.2) is 4.98 Å². The van der Waals surface area contributed by atoms with Crippen molar-refractivity contribution in [3.05, 3.63) is 53.7 Å². The zero-order valence-electron chi connectivity index (χ0n) is 13.0. The topological polar surface area (TPSA) is 39.8 Å². The highest BCUT2D eigenvalue weighted by atomic mass is 35.5. The van der Waals surface area contributed by atoms with Crippen molar-refractivity contribution in [1.29, 1.82) is 0 Å². The minimum absolute atomic E-state index is 0. The van der Waals surface area contributed by atoms with Gasteiger partial charge < -0.3 is 9.13 Å². The van der Waals surface area contributed by atoms with Gasteiger partial charge in [0.25, 0.3) is 0 Å². The van der Waals surface area contributed by atoms with Crippen LogP contribution in [-0.4, -0.2) is 19.9 Å². The van der Waals surface area contributed by atoms with Crippen LogP contribution in [0.5, 0.6) is 0 Å². The highest BCUT2D eigenvalue weighted by Crippen LogP contribution is 2.23. The van der Waals surface area contributed by atoms with Crippen molar-refractivity contribution in [3.8, 4) is 0 Å². The van der Waals surface area contributed by atoms with Crippen molar-refractivity contribution < 1.29 is 4.79 Å². The van der Waals surface area contributed by atoms with E-state index in [1.807, 2.05) is 35.5 Å². The summed E-state index contributed by atoms with van der Waals surface area (Å²) in [6.07, 6.45) is 6.11. The second-order valence-corrected chi connectivity index (χ2v) is 5.52. The second-order valence-electron chi connectivity index (χ2n) is 5.52. The molecule has 2 aromatic heterocycles. The number of halogens is 1. The van der Waals surface area contributed by atoms with Crippen molar-refractivity contribution in [2.45, 2.75) is 26.8 Å². The number of carbonyl (C=O) groups is 1. The molecule has 3 aromatic rings. The average molecular weight is 318 g/mol. The zero-order chi connectivity index (χ0) is 15.0.